The second-order valence-electron chi connectivity index (χ2n) is 7.04. The lowest BCUT2D eigenvalue weighted by atomic mass is 10.1. The van der Waals surface area contributed by atoms with Crippen LogP contribution in [0.2, 0.25) is 0 Å². The lowest BCUT2D eigenvalue weighted by molar-refractivity contribution is -0.394. The van der Waals surface area contributed by atoms with E-state index in [9.17, 15) is 25.0 Å². The molecule has 0 radical (unpaired) electrons. The molecule has 0 spiro atoms. The van der Waals surface area contributed by atoms with Gasteiger partial charge in [-0.25, -0.2) is 9.79 Å². The van der Waals surface area contributed by atoms with E-state index in [1.54, 1.807) is 36.4 Å². The Balaban J connectivity index is 1.61. The van der Waals surface area contributed by atoms with Gasteiger partial charge in [-0.15, -0.1) is 0 Å². The van der Waals surface area contributed by atoms with Crippen LogP contribution in [0.25, 0.3) is 6.08 Å². The normalized spacial score (nSPS) is 14.0. The number of cyclic esters (lactones) is 1. The van der Waals surface area contributed by atoms with Gasteiger partial charge in [-0.3, -0.25) is 20.2 Å². The number of non-ortho nitro benzene ring substituents is 1. The topological polar surface area (TPSA) is 134 Å². The van der Waals surface area contributed by atoms with Crippen molar-refractivity contribution < 1.29 is 24.1 Å². The largest absolute Gasteiger partial charge is 0.450 e. The van der Waals surface area contributed by atoms with E-state index in [0.717, 1.165) is 23.8 Å². The first-order chi connectivity index (χ1) is 15.8. The first-order valence-electron chi connectivity index (χ1n) is 9.60. The van der Waals surface area contributed by atoms with Crippen molar-refractivity contribution in [2.75, 3.05) is 0 Å². The van der Waals surface area contributed by atoms with E-state index in [2.05, 4.69) is 4.99 Å². The Kier molecular flexibility index (Phi) is 5.64. The van der Waals surface area contributed by atoms with Gasteiger partial charge in [0.1, 0.15) is 5.75 Å². The molecule has 164 valence electrons. The summed E-state index contributed by atoms with van der Waals surface area (Å²) in [5.74, 6) is -0.339. The number of benzene rings is 3. The van der Waals surface area contributed by atoms with Crippen LogP contribution in [0.3, 0.4) is 0 Å². The zero-order valence-electron chi connectivity index (χ0n) is 17.1. The monoisotopic (exact) mass is 445 g/mol. The van der Waals surface area contributed by atoms with Crippen molar-refractivity contribution in [2.24, 2.45) is 4.99 Å². The average Bonchev–Trinajstić information content (AvgIpc) is 3.14. The van der Waals surface area contributed by atoms with Gasteiger partial charge in [0.25, 0.3) is 5.69 Å². The molecule has 10 heteroatoms. The van der Waals surface area contributed by atoms with Crippen molar-refractivity contribution in [2.45, 2.75) is 6.92 Å². The molecule has 0 amide bonds. The summed E-state index contributed by atoms with van der Waals surface area (Å²) in [6.45, 7) is 1.94. The highest BCUT2D eigenvalue weighted by Gasteiger charge is 2.24. The maximum Gasteiger partial charge on any atom is 0.363 e. The lowest BCUT2D eigenvalue weighted by Crippen LogP contribution is -2.05. The van der Waals surface area contributed by atoms with Crippen molar-refractivity contribution >= 4 is 29.3 Å². The van der Waals surface area contributed by atoms with Gasteiger partial charge in [0, 0.05) is 11.6 Å². The summed E-state index contributed by atoms with van der Waals surface area (Å²) in [7, 11) is 0. The molecule has 0 N–H and O–H groups in total. The molecule has 0 atom stereocenters. The predicted octanol–water partition coefficient (Wildman–Crippen LogP) is 4.95. The molecule has 0 unspecified atom stereocenters. The predicted molar refractivity (Wildman–Crippen MR) is 118 cm³/mol. The van der Waals surface area contributed by atoms with Gasteiger partial charge >= 0.3 is 11.7 Å². The number of aryl methyl sites for hydroxylation is 1. The van der Waals surface area contributed by atoms with Gasteiger partial charge in [-0.2, -0.15) is 0 Å². The number of nitro benzene ring substituents is 2. The molecule has 3 aromatic rings. The first kappa shape index (κ1) is 21.4. The minimum absolute atomic E-state index is 0.0871. The van der Waals surface area contributed by atoms with Crippen molar-refractivity contribution in [3.05, 3.63) is 109 Å². The highest BCUT2D eigenvalue weighted by Crippen LogP contribution is 2.34. The number of hydrogen-bond donors (Lipinski definition) is 0. The minimum atomic E-state index is -0.760. The highest BCUT2D eigenvalue weighted by molar-refractivity contribution is 6.12. The van der Waals surface area contributed by atoms with Crippen LogP contribution in [0.1, 0.15) is 16.7 Å². The van der Waals surface area contributed by atoms with E-state index >= 15 is 0 Å². The summed E-state index contributed by atoms with van der Waals surface area (Å²) in [5.41, 5.74) is 1.39. The zero-order valence-corrected chi connectivity index (χ0v) is 17.1. The van der Waals surface area contributed by atoms with Crippen LogP contribution >= 0.6 is 0 Å². The van der Waals surface area contributed by atoms with Crippen molar-refractivity contribution in [3.8, 4) is 11.5 Å². The van der Waals surface area contributed by atoms with Gasteiger partial charge in [-0.1, -0.05) is 29.8 Å². The fourth-order valence-corrected chi connectivity index (χ4v) is 3.03. The molecule has 0 fully saturated rings. The van der Waals surface area contributed by atoms with E-state index in [-0.39, 0.29) is 23.1 Å². The fourth-order valence-electron chi connectivity index (χ4n) is 3.03. The number of carbonyl (C=O) groups is 1. The summed E-state index contributed by atoms with van der Waals surface area (Å²) in [5, 5.41) is 22.2. The number of esters is 1. The lowest BCUT2D eigenvalue weighted by Gasteiger charge is -2.07. The summed E-state index contributed by atoms with van der Waals surface area (Å²) < 4.78 is 10.8. The van der Waals surface area contributed by atoms with Gasteiger partial charge < -0.3 is 9.47 Å². The zero-order chi connectivity index (χ0) is 23.5. The van der Waals surface area contributed by atoms with E-state index < -0.39 is 27.2 Å². The van der Waals surface area contributed by atoms with Gasteiger partial charge in [0.05, 0.1) is 15.9 Å². The average molecular weight is 445 g/mol. The molecule has 10 nitrogen and oxygen atoms in total. The number of nitro groups is 2. The first-order valence-corrected chi connectivity index (χ1v) is 9.60. The number of ether oxygens (including phenoxy) is 2. The summed E-state index contributed by atoms with van der Waals surface area (Å²) in [4.78, 5) is 37.2. The Morgan fingerprint density at radius 1 is 0.970 bits per heavy atom. The van der Waals surface area contributed by atoms with Crippen molar-refractivity contribution in [1.82, 2.24) is 0 Å². The molecule has 0 aliphatic carbocycles. The molecule has 0 bridgehead atoms. The van der Waals surface area contributed by atoms with Gasteiger partial charge in [0.15, 0.2) is 5.70 Å². The Hall–Kier alpha value is -4.86. The van der Waals surface area contributed by atoms with E-state index in [0.29, 0.717) is 11.1 Å². The van der Waals surface area contributed by atoms with Crippen LogP contribution in [-0.4, -0.2) is 21.7 Å². The van der Waals surface area contributed by atoms with E-state index in [1.165, 1.54) is 6.08 Å². The van der Waals surface area contributed by atoms with Crippen LogP contribution in [-0.2, 0) is 9.53 Å². The summed E-state index contributed by atoms with van der Waals surface area (Å²) in [6.07, 6.45) is 1.50. The second kappa shape index (κ2) is 8.71. The standard InChI is InChI=1S/C23H15N3O7/c1-14-5-7-16(8-6-14)22-24-19(23(27)33-22)12-15-3-2-4-18(11-15)32-21-10-9-17(25(28)29)13-20(21)26(30)31/h2-13H,1H3/b19-12-. The van der Waals surface area contributed by atoms with Crippen LogP contribution < -0.4 is 4.74 Å². The SMILES string of the molecule is Cc1ccc(C2=N/C(=C\c3cccc(Oc4ccc([N+](=O)[O-])cc4[N+](=O)[O-])c3)C(=O)O2)cc1. The maximum atomic E-state index is 12.2. The maximum absolute atomic E-state index is 12.2. The van der Waals surface area contributed by atoms with E-state index in [4.69, 9.17) is 9.47 Å². The van der Waals surface area contributed by atoms with E-state index in [1.807, 2.05) is 19.1 Å². The number of hydrogen-bond acceptors (Lipinski definition) is 8. The number of aliphatic imine (C=N–C) groups is 1. The molecule has 1 heterocycles. The molecule has 0 saturated heterocycles. The Morgan fingerprint density at radius 3 is 2.42 bits per heavy atom. The highest BCUT2D eigenvalue weighted by atomic mass is 16.6. The third-order valence-electron chi connectivity index (χ3n) is 4.66. The molecular formula is C23H15N3O7. The molecule has 4 rings (SSSR count). The minimum Gasteiger partial charge on any atom is -0.450 e. The van der Waals surface area contributed by atoms with Gasteiger partial charge in [0.2, 0.25) is 11.6 Å². The third kappa shape index (κ3) is 4.74. The summed E-state index contributed by atoms with van der Waals surface area (Å²) in [6, 6.07) is 16.9. The Morgan fingerprint density at radius 2 is 1.73 bits per heavy atom. The van der Waals surface area contributed by atoms with Crippen molar-refractivity contribution in [3.63, 3.8) is 0 Å². The van der Waals surface area contributed by atoms with Crippen LogP contribution in [0.15, 0.2) is 77.4 Å². The Bertz CT molecular complexity index is 1340. The summed E-state index contributed by atoms with van der Waals surface area (Å²) >= 11 is 0. The quantitative estimate of drug-likeness (QED) is 0.227. The molecule has 3 aromatic carbocycles. The van der Waals surface area contributed by atoms with Crippen LogP contribution in [0.5, 0.6) is 11.5 Å². The fraction of sp³-hybridized carbons (Fsp3) is 0.0435. The number of carbonyl (C=O) groups excluding carboxylic acids is 1. The molecule has 0 aromatic heterocycles. The second-order valence-corrected chi connectivity index (χ2v) is 7.04. The smallest absolute Gasteiger partial charge is 0.363 e. The number of rotatable bonds is 6. The molecule has 1 aliphatic rings. The van der Waals surface area contributed by atoms with Gasteiger partial charge in [-0.05, 0) is 48.9 Å². The van der Waals surface area contributed by atoms with Crippen LogP contribution in [0.4, 0.5) is 11.4 Å². The number of nitrogens with zero attached hydrogens (tertiary/aromatic N) is 3. The molecule has 0 saturated carbocycles. The van der Waals surface area contributed by atoms with Crippen molar-refractivity contribution in [1.29, 1.82) is 0 Å². The molecule has 1 aliphatic heterocycles. The third-order valence-corrected chi connectivity index (χ3v) is 4.66. The Labute approximate surface area is 186 Å². The molecule has 33 heavy (non-hydrogen) atoms. The van der Waals surface area contributed by atoms with Crippen LogP contribution in [0, 0.1) is 27.2 Å². The molecular weight excluding hydrogens is 430 g/mol.